The van der Waals surface area contributed by atoms with Gasteiger partial charge in [0, 0.05) is 13.8 Å². The van der Waals surface area contributed by atoms with Crippen LogP contribution in [0.1, 0.15) is 17.6 Å². The van der Waals surface area contributed by atoms with Crippen LogP contribution in [0.25, 0.3) is 0 Å². The van der Waals surface area contributed by atoms with E-state index in [4.69, 9.17) is 5.41 Å². The first-order valence-corrected chi connectivity index (χ1v) is 2.73. The van der Waals surface area contributed by atoms with E-state index in [9.17, 15) is 4.79 Å². The van der Waals surface area contributed by atoms with Crippen LogP contribution in [0.5, 0.6) is 0 Å². The Kier molecular flexibility index (Phi) is 1.41. The second-order valence-corrected chi connectivity index (χ2v) is 1.86. The fourth-order valence-corrected chi connectivity index (χ4v) is 0.603. The molecule has 5 nitrogen and oxygen atoms in total. The van der Waals surface area contributed by atoms with Gasteiger partial charge < -0.3 is 4.42 Å². The third-order valence-electron chi connectivity index (χ3n) is 0.976. The average molecular weight is 141 g/mol. The van der Waals surface area contributed by atoms with E-state index < -0.39 is 0 Å². The van der Waals surface area contributed by atoms with Crippen LogP contribution in [-0.4, -0.2) is 15.7 Å². The Hall–Kier alpha value is -1.39. The summed E-state index contributed by atoms with van der Waals surface area (Å²) in [5.41, 5.74) is -0.231. The summed E-state index contributed by atoms with van der Waals surface area (Å²) in [5.74, 6) is 0.00190. The lowest BCUT2D eigenvalue weighted by Crippen LogP contribution is -2.21. The molecule has 0 bridgehead atoms. The monoisotopic (exact) mass is 141 g/mol. The maximum atomic E-state index is 10.6. The largest absolute Gasteiger partial charge is 0.408 e. The van der Waals surface area contributed by atoms with E-state index >= 15 is 0 Å². The summed E-state index contributed by atoms with van der Waals surface area (Å²) in [6.07, 6.45) is 0. The highest BCUT2D eigenvalue weighted by atomic mass is 16.4. The summed E-state index contributed by atoms with van der Waals surface area (Å²) < 4.78 is 5.57. The van der Waals surface area contributed by atoms with Gasteiger partial charge in [-0.2, -0.15) is 0 Å². The molecule has 0 aliphatic rings. The summed E-state index contributed by atoms with van der Waals surface area (Å²) in [7, 11) is 0. The number of rotatable bonds is 0. The Morgan fingerprint density at radius 2 is 2.40 bits per heavy atom. The molecule has 0 aliphatic heterocycles. The molecule has 0 spiro atoms. The van der Waals surface area contributed by atoms with Gasteiger partial charge in [-0.1, -0.05) is 0 Å². The van der Waals surface area contributed by atoms with E-state index in [1.165, 1.54) is 6.92 Å². The van der Waals surface area contributed by atoms with Gasteiger partial charge in [-0.05, 0) is 0 Å². The molecule has 54 valence electrons. The number of aromatic nitrogens is 2. The van der Waals surface area contributed by atoms with Gasteiger partial charge in [0.05, 0.1) is 0 Å². The Bertz CT molecular complexity index is 309. The van der Waals surface area contributed by atoms with Crippen molar-refractivity contribution < 1.29 is 9.21 Å². The van der Waals surface area contributed by atoms with E-state index in [1.54, 1.807) is 6.92 Å². The summed E-state index contributed by atoms with van der Waals surface area (Å²) in [5, 5.41) is 10.7. The van der Waals surface area contributed by atoms with Gasteiger partial charge in [0.2, 0.25) is 11.8 Å². The second kappa shape index (κ2) is 2.09. The highest BCUT2D eigenvalue weighted by molar-refractivity contribution is 5.74. The summed E-state index contributed by atoms with van der Waals surface area (Å²) in [6, 6.07) is 0. The molecule has 1 aromatic rings. The maximum absolute atomic E-state index is 10.6. The molecular formula is C5H7N3O2. The molecule has 0 amide bonds. The normalized spacial score (nSPS) is 9.80. The summed E-state index contributed by atoms with van der Waals surface area (Å²) in [6.45, 7) is 2.90. The minimum Gasteiger partial charge on any atom is -0.408 e. The highest BCUT2D eigenvalue weighted by Gasteiger charge is 2.03. The minimum atomic E-state index is -0.318. The number of aryl methyl sites for hydroxylation is 1. The van der Waals surface area contributed by atoms with Crippen molar-refractivity contribution in [1.29, 1.82) is 5.41 Å². The van der Waals surface area contributed by atoms with E-state index in [0.717, 1.165) is 4.68 Å². The SMILES string of the molecule is CC(=O)n1nc(C)oc1=N. The van der Waals surface area contributed by atoms with Crippen LogP contribution in [0.4, 0.5) is 0 Å². The Labute approximate surface area is 56.8 Å². The molecule has 0 radical (unpaired) electrons. The number of hydrogen-bond acceptors (Lipinski definition) is 4. The molecule has 0 aromatic carbocycles. The molecule has 1 aromatic heterocycles. The Balaban J connectivity index is 3.29. The molecule has 5 heteroatoms. The van der Waals surface area contributed by atoms with Crippen molar-refractivity contribution >= 4 is 5.91 Å². The molecule has 1 heterocycles. The van der Waals surface area contributed by atoms with Gasteiger partial charge in [-0.3, -0.25) is 4.79 Å². The lowest BCUT2D eigenvalue weighted by molar-refractivity contribution is 0.0910. The average Bonchev–Trinajstić information content (AvgIpc) is 2.10. The van der Waals surface area contributed by atoms with Gasteiger partial charge in [-0.25, -0.2) is 5.41 Å². The number of nitrogens with zero attached hydrogens (tertiary/aromatic N) is 2. The van der Waals surface area contributed by atoms with Crippen LogP contribution < -0.4 is 5.68 Å². The molecule has 0 unspecified atom stereocenters. The van der Waals surface area contributed by atoms with Crippen molar-refractivity contribution in [2.75, 3.05) is 0 Å². The summed E-state index contributed by atoms with van der Waals surface area (Å²) in [4.78, 5) is 10.6. The number of carbonyl (C=O) groups excluding carboxylic acids is 1. The molecule has 0 aliphatic carbocycles. The van der Waals surface area contributed by atoms with Crippen LogP contribution >= 0.6 is 0 Å². The van der Waals surface area contributed by atoms with Gasteiger partial charge in [-0.15, -0.1) is 9.78 Å². The molecule has 0 fully saturated rings. The first kappa shape index (κ1) is 6.73. The topological polar surface area (TPSA) is 71.9 Å². The van der Waals surface area contributed by atoms with Crippen LogP contribution in [0, 0.1) is 12.3 Å². The Morgan fingerprint density at radius 3 is 2.60 bits per heavy atom. The van der Waals surface area contributed by atoms with Crippen LogP contribution in [0.3, 0.4) is 0 Å². The first-order chi connectivity index (χ1) is 4.61. The van der Waals surface area contributed by atoms with Crippen LogP contribution in [0.15, 0.2) is 4.42 Å². The quantitative estimate of drug-likeness (QED) is 0.549. The highest BCUT2D eigenvalue weighted by Crippen LogP contribution is 1.83. The van der Waals surface area contributed by atoms with Crippen molar-refractivity contribution in [2.24, 2.45) is 0 Å². The minimum absolute atomic E-state index is 0.231. The van der Waals surface area contributed by atoms with Crippen molar-refractivity contribution in [3.63, 3.8) is 0 Å². The first-order valence-electron chi connectivity index (χ1n) is 2.73. The van der Waals surface area contributed by atoms with Crippen molar-refractivity contribution in [3.05, 3.63) is 11.6 Å². The molecule has 0 saturated heterocycles. The van der Waals surface area contributed by atoms with Gasteiger partial charge in [0.1, 0.15) is 0 Å². The molecule has 1 rings (SSSR count). The van der Waals surface area contributed by atoms with Crippen molar-refractivity contribution in [3.8, 4) is 0 Å². The molecule has 0 saturated carbocycles. The number of nitrogens with one attached hydrogen (secondary N) is 1. The zero-order chi connectivity index (χ0) is 7.72. The lowest BCUT2D eigenvalue weighted by atomic mass is 10.7. The van der Waals surface area contributed by atoms with E-state index in [2.05, 4.69) is 9.52 Å². The Morgan fingerprint density at radius 1 is 1.80 bits per heavy atom. The maximum Gasteiger partial charge on any atom is 0.319 e. The summed E-state index contributed by atoms with van der Waals surface area (Å²) >= 11 is 0. The zero-order valence-electron chi connectivity index (χ0n) is 5.71. The smallest absolute Gasteiger partial charge is 0.319 e. The van der Waals surface area contributed by atoms with Gasteiger partial charge >= 0.3 is 5.68 Å². The van der Waals surface area contributed by atoms with Gasteiger partial charge in [0.25, 0.3) is 0 Å². The van der Waals surface area contributed by atoms with E-state index in [0.29, 0.717) is 5.89 Å². The molecular weight excluding hydrogens is 134 g/mol. The lowest BCUT2D eigenvalue weighted by Gasteiger charge is -1.85. The third kappa shape index (κ3) is 0.975. The van der Waals surface area contributed by atoms with Crippen LogP contribution in [0.2, 0.25) is 0 Å². The standard InChI is InChI=1S/C5H7N3O2/c1-3-7-8(4(2)9)5(6)10-3/h6H,1-2H3. The van der Waals surface area contributed by atoms with E-state index in [-0.39, 0.29) is 11.6 Å². The third-order valence-corrected chi connectivity index (χ3v) is 0.976. The zero-order valence-corrected chi connectivity index (χ0v) is 5.71. The molecule has 10 heavy (non-hydrogen) atoms. The molecule has 1 N–H and O–H groups in total. The van der Waals surface area contributed by atoms with E-state index in [1.807, 2.05) is 0 Å². The second-order valence-electron chi connectivity index (χ2n) is 1.86. The fraction of sp³-hybridized carbons (Fsp3) is 0.400. The number of carbonyl (C=O) groups is 1. The fourth-order valence-electron chi connectivity index (χ4n) is 0.603. The molecule has 0 atom stereocenters. The predicted molar refractivity (Wildman–Crippen MR) is 31.4 cm³/mol. The van der Waals surface area contributed by atoms with Crippen LogP contribution in [-0.2, 0) is 0 Å². The number of hydrogen-bond donors (Lipinski definition) is 1. The van der Waals surface area contributed by atoms with Crippen molar-refractivity contribution in [1.82, 2.24) is 9.78 Å². The van der Waals surface area contributed by atoms with Gasteiger partial charge in [0.15, 0.2) is 0 Å². The predicted octanol–water partition coefficient (Wildman–Crippen LogP) is -0.0759. The van der Waals surface area contributed by atoms with Crippen molar-refractivity contribution in [2.45, 2.75) is 13.8 Å².